The van der Waals surface area contributed by atoms with E-state index in [1.807, 2.05) is 11.0 Å². The quantitative estimate of drug-likeness (QED) is 0.424. The normalized spacial score (nSPS) is 42.1. The zero-order valence-corrected chi connectivity index (χ0v) is 15.4. The van der Waals surface area contributed by atoms with Gasteiger partial charge in [-0.15, -0.1) is 0 Å². The number of hydrogen-bond acceptors (Lipinski definition) is 5. The van der Waals surface area contributed by atoms with Gasteiger partial charge in [0.1, 0.15) is 0 Å². The summed E-state index contributed by atoms with van der Waals surface area (Å²) in [5, 5.41) is 11.5. The summed E-state index contributed by atoms with van der Waals surface area (Å²) in [6, 6.07) is 5.56. The van der Waals surface area contributed by atoms with E-state index in [1.54, 1.807) is 12.1 Å². The van der Waals surface area contributed by atoms with Crippen molar-refractivity contribution >= 4 is 17.3 Å². The molecule has 4 fully saturated rings. The summed E-state index contributed by atoms with van der Waals surface area (Å²) < 4.78 is 6.20. The van der Waals surface area contributed by atoms with Crippen LogP contribution in [0.2, 0.25) is 0 Å². The number of nitro groups is 1. The largest absolute Gasteiger partial charge is 0.373 e. The van der Waals surface area contributed by atoms with Gasteiger partial charge in [0.25, 0.3) is 5.69 Å². The van der Waals surface area contributed by atoms with E-state index in [0.29, 0.717) is 25.0 Å². The first-order valence-electron chi connectivity index (χ1n) is 10.2. The number of rotatable bonds is 1. The molecule has 1 amide bonds. The highest BCUT2D eigenvalue weighted by molar-refractivity contribution is 5.99. The van der Waals surface area contributed by atoms with Crippen LogP contribution in [0.5, 0.6) is 0 Å². The molecule has 7 nitrogen and oxygen atoms in total. The fourth-order valence-electron chi connectivity index (χ4n) is 7.65. The molecule has 28 heavy (non-hydrogen) atoms. The minimum absolute atomic E-state index is 0.0400. The summed E-state index contributed by atoms with van der Waals surface area (Å²) in [5.74, 6) is 0.861. The van der Waals surface area contributed by atoms with Gasteiger partial charge in [-0.1, -0.05) is 11.6 Å². The van der Waals surface area contributed by atoms with Gasteiger partial charge in [0, 0.05) is 41.7 Å². The number of carbonyl (C=O) groups excluding carboxylic acids is 1. The minimum atomic E-state index is -0.312. The van der Waals surface area contributed by atoms with Crippen molar-refractivity contribution in [3.8, 4) is 0 Å². The molecular formula is C21H21N3O4. The number of nitro benzene ring substituents is 1. The van der Waals surface area contributed by atoms with Crippen molar-refractivity contribution in [2.24, 2.45) is 11.8 Å². The SMILES string of the molecule is O=C1C[C@@H]2OCC=C3CN4CC[C@@]56c7cc([N+](=O)[O-])ccc7N1[C@@H]5[C@@H]2[C@@H]3C[C@@H]46. The zero-order valence-electron chi connectivity index (χ0n) is 15.4. The molecule has 1 aromatic rings. The number of fused-ring (bicyclic) bond motifs is 2. The molecule has 1 saturated carbocycles. The number of carbonyl (C=O) groups is 1. The van der Waals surface area contributed by atoms with Crippen LogP contribution in [-0.2, 0) is 14.9 Å². The molecule has 0 N–H and O–H groups in total. The average Bonchev–Trinajstić information content (AvgIpc) is 3.15. The lowest BCUT2D eigenvalue weighted by Crippen LogP contribution is -2.69. The molecule has 1 aromatic carbocycles. The highest BCUT2D eigenvalue weighted by Crippen LogP contribution is 2.65. The van der Waals surface area contributed by atoms with Gasteiger partial charge in [-0.25, -0.2) is 0 Å². The third kappa shape index (κ3) is 1.56. The first kappa shape index (κ1) is 15.6. The Kier molecular flexibility index (Phi) is 2.70. The third-order valence-corrected chi connectivity index (χ3v) is 8.50. The maximum Gasteiger partial charge on any atom is 0.269 e. The zero-order chi connectivity index (χ0) is 18.8. The number of ether oxygens (including phenoxy) is 1. The van der Waals surface area contributed by atoms with Crippen molar-refractivity contribution < 1.29 is 14.5 Å². The van der Waals surface area contributed by atoms with Crippen molar-refractivity contribution in [1.29, 1.82) is 0 Å². The molecule has 1 spiro atoms. The predicted octanol–water partition coefficient (Wildman–Crippen LogP) is 2.00. The van der Waals surface area contributed by atoms with Crippen LogP contribution in [0.4, 0.5) is 11.4 Å². The van der Waals surface area contributed by atoms with Crippen LogP contribution in [0.3, 0.4) is 0 Å². The molecule has 6 aliphatic rings. The van der Waals surface area contributed by atoms with Gasteiger partial charge in [0.05, 0.1) is 30.1 Å². The second-order valence-electron chi connectivity index (χ2n) is 9.22. The Hall–Kier alpha value is -2.25. The molecule has 5 heterocycles. The summed E-state index contributed by atoms with van der Waals surface area (Å²) in [5.41, 5.74) is 3.35. The van der Waals surface area contributed by atoms with E-state index in [-0.39, 0.29) is 40.0 Å². The molecule has 7 heteroatoms. The van der Waals surface area contributed by atoms with Crippen LogP contribution in [-0.4, -0.2) is 53.6 Å². The third-order valence-electron chi connectivity index (χ3n) is 8.50. The Morgan fingerprint density at radius 3 is 3.07 bits per heavy atom. The summed E-state index contributed by atoms with van der Waals surface area (Å²) in [6.45, 7) is 2.57. The standard InChI is InChI=1S/C21H21N3O4/c25-18-9-16-19-13-8-17-21(4-5-22(17)10-11(13)3-6-28-16)14-7-12(24(26)27)1-2-15(14)23(18)20(19)21/h1-3,7,13,16-17,19-20H,4-6,8-10H2/t13-,16+,17-,19-,20-,21+/m1/s1. The van der Waals surface area contributed by atoms with Gasteiger partial charge in [0.2, 0.25) is 5.91 Å². The molecule has 1 aliphatic carbocycles. The smallest absolute Gasteiger partial charge is 0.269 e. The fourth-order valence-corrected chi connectivity index (χ4v) is 7.65. The average molecular weight is 379 g/mol. The lowest BCUT2D eigenvalue weighted by Gasteiger charge is -2.58. The number of benzene rings is 1. The second kappa shape index (κ2) is 4.83. The first-order chi connectivity index (χ1) is 13.6. The number of nitrogens with zero attached hydrogens (tertiary/aromatic N) is 3. The summed E-state index contributed by atoms with van der Waals surface area (Å²) in [6.07, 6.45) is 4.67. The molecule has 0 aromatic heterocycles. The van der Waals surface area contributed by atoms with E-state index in [2.05, 4.69) is 11.0 Å². The van der Waals surface area contributed by atoms with Crippen molar-refractivity contribution in [2.45, 2.75) is 42.9 Å². The molecule has 5 aliphatic heterocycles. The van der Waals surface area contributed by atoms with Crippen molar-refractivity contribution in [3.63, 3.8) is 0 Å². The van der Waals surface area contributed by atoms with Crippen LogP contribution >= 0.6 is 0 Å². The maximum atomic E-state index is 13.3. The molecule has 2 bridgehead atoms. The van der Waals surface area contributed by atoms with Gasteiger partial charge in [-0.2, -0.15) is 0 Å². The molecule has 7 rings (SSSR count). The van der Waals surface area contributed by atoms with Crippen LogP contribution in [0.1, 0.15) is 24.8 Å². The highest BCUT2D eigenvalue weighted by atomic mass is 16.6. The number of anilines is 1. The number of non-ortho nitro benzene ring substituents is 1. The molecule has 144 valence electrons. The molecule has 6 atom stereocenters. The topological polar surface area (TPSA) is 75.9 Å². The Bertz CT molecular complexity index is 990. The number of hydrogen-bond donors (Lipinski definition) is 0. The Morgan fingerprint density at radius 1 is 1.32 bits per heavy atom. The summed E-state index contributed by atoms with van der Waals surface area (Å²) in [4.78, 5) is 29.0. The minimum Gasteiger partial charge on any atom is -0.373 e. The Morgan fingerprint density at radius 2 is 2.21 bits per heavy atom. The van der Waals surface area contributed by atoms with E-state index in [1.165, 1.54) is 5.57 Å². The van der Waals surface area contributed by atoms with E-state index >= 15 is 0 Å². The van der Waals surface area contributed by atoms with Crippen LogP contribution in [0.15, 0.2) is 29.8 Å². The van der Waals surface area contributed by atoms with Crippen molar-refractivity contribution in [3.05, 3.63) is 45.5 Å². The number of amides is 1. The van der Waals surface area contributed by atoms with E-state index in [9.17, 15) is 14.9 Å². The first-order valence-corrected chi connectivity index (χ1v) is 10.2. The monoisotopic (exact) mass is 379 g/mol. The molecule has 0 unspecified atom stereocenters. The van der Waals surface area contributed by atoms with Gasteiger partial charge in [0.15, 0.2) is 0 Å². The van der Waals surface area contributed by atoms with Gasteiger partial charge >= 0.3 is 0 Å². The molecule has 0 radical (unpaired) electrons. The Labute approximate surface area is 162 Å². The van der Waals surface area contributed by atoms with Gasteiger partial charge in [-0.05, 0) is 36.9 Å². The van der Waals surface area contributed by atoms with E-state index in [4.69, 9.17) is 4.74 Å². The summed E-state index contributed by atoms with van der Waals surface area (Å²) >= 11 is 0. The van der Waals surface area contributed by atoms with Crippen molar-refractivity contribution in [1.82, 2.24) is 4.90 Å². The van der Waals surface area contributed by atoms with Crippen LogP contribution < -0.4 is 4.90 Å². The molecule has 3 saturated heterocycles. The van der Waals surface area contributed by atoms with E-state index in [0.717, 1.165) is 37.2 Å². The predicted molar refractivity (Wildman–Crippen MR) is 100 cm³/mol. The maximum absolute atomic E-state index is 13.3. The van der Waals surface area contributed by atoms with Gasteiger partial charge in [-0.3, -0.25) is 19.8 Å². The fraction of sp³-hybridized carbons (Fsp3) is 0.571. The Balaban J connectivity index is 1.52. The van der Waals surface area contributed by atoms with Gasteiger partial charge < -0.3 is 9.64 Å². The second-order valence-corrected chi connectivity index (χ2v) is 9.22. The number of piperidine rings is 2. The van der Waals surface area contributed by atoms with Crippen LogP contribution in [0, 0.1) is 22.0 Å². The van der Waals surface area contributed by atoms with Crippen LogP contribution in [0.25, 0.3) is 0 Å². The lowest BCUT2D eigenvalue weighted by atomic mass is 9.53. The highest BCUT2D eigenvalue weighted by Gasteiger charge is 2.71. The molecular weight excluding hydrogens is 358 g/mol. The summed E-state index contributed by atoms with van der Waals surface area (Å²) in [7, 11) is 0. The van der Waals surface area contributed by atoms with Crippen molar-refractivity contribution in [2.75, 3.05) is 24.6 Å². The lowest BCUT2D eigenvalue weighted by molar-refractivity contribution is -0.384. The van der Waals surface area contributed by atoms with E-state index < -0.39 is 0 Å².